The maximum Gasteiger partial charge on any atom is 0.295 e. The van der Waals surface area contributed by atoms with Gasteiger partial charge < -0.3 is 9.32 Å². The van der Waals surface area contributed by atoms with Crippen LogP contribution in [-0.4, -0.2) is 28.6 Å². The molecule has 7 nitrogen and oxygen atoms in total. The maximum absolute atomic E-state index is 12.9. The van der Waals surface area contributed by atoms with Crippen LogP contribution in [0, 0.1) is 0 Å². The zero-order chi connectivity index (χ0) is 18.3. The molecule has 1 aromatic carbocycles. The second-order valence-electron chi connectivity index (χ2n) is 6.24. The van der Waals surface area contributed by atoms with Crippen molar-refractivity contribution in [3.8, 4) is 0 Å². The summed E-state index contributed by atoms with van der Waals surface area (Å²) < 4.78 is 7.07. The van der Waals surface area contributed by atoms with Crippen LogP contribution < -0.4 is 9.80 Å². The lowest BCUT2D eigenvalue weighted by Gasteiger charge is -2.19. The quantitative estimate of drug-likeness (QED) is 0.724. The highest BCUT2D eigenvalue weighted by molar-refractivity contribution is 6.05. The highest BCUT2D eigenvalue weighted by Crippen LogP contribution is 2.31. The monoisotopic (exact) mass is 350 g/mol. The van der Waals surface area contributed by atoms with Crippen molar-refractivity contribution in [1.82, 2.24) is 9.78 Å². The summed E-state index contributed by atoms with van der Waals surface area (Å²) >= 11 is 0. The normalized spacial score (nSPS) is 13.2. The number of fused-ring (bicyclic) bond motifs is 1. The molecule has 26 heavy (non-hydrogen) atoms. The summed E-state index contributed by atoms with van der Waals surface area (Å²) in [5, 5.41) is 4.08. The third kappa shape index (κ3) is 2.57. The van der Waals surface area contributed by atoms with E-state index in [1.165, 1.54) is 11.2 Å². The number of carbonyl (C=O) groups is 2. The van der Waals surface area contributed by atoms with Gasteiger partial charge in [-0.15, -0.1) is 0 Å². The fourth-order valence-electron chi connectivity index (χ4n) is 3.26. The molecule has 4 rings (SSSR count). The van der Waals surface area contributed by atoms with E-state index in [0.29, 0.717) is 24.3 Å². The fraction of sp³-hybridized carbons (Fsp3) is 0.211. The van der Waals surface area contributed by atoms with Gasteiger partial charge in [-0.05, 0) is 17.7 Å². The molecule has 3 aromatic rings. The first kappa shape index (κ1) is 16.1. The summed E-state index contributed by atoms with van der Waals surface area (Å²) in [7, 11) is 3.43. The lowest BCUT2D eigenvalue weighted by molar-refractivity contribution is -0.117. The van der Waals surface area contributed by atoms with Gasteiger partial charge in [0.25, 0.3) is 5.91 Å². The Morgan fingerprint density at radius 1 is 1.27 bits per heavy atom. The topological polar surface area (TPSA) is 71.6 Å². The lowest BCUT2D eigenvalue weighted by atomic mass is 10.1. The molecule has 0 fully saturated rings. The average molecular weight is 350 g/mol. The lowest BCUT2D eigenvalue weighted by Crippen LogP contribution is -2.30. The average Bonchev–Trinajstić information content (AvgIpc) is 3.34. The van der Waals surface area contributed by atoms with E-state index in [9.17, 15) is 9.59 Å². The highest BCUT2D eigenvalue weighted by atomic mass is 16.3. The van der Waals surface area contributed by atoms with E-state index in [1.807, 2.05) is 24.3 Å². The number of hydrogen-bond donors (Lipinski definition) is 0. The molecule has 2 amide bonds. The third-order valence-corrected chi connectivity index (χ3v) is 4.64. The standard InChI is InChI=1S/C19H18N4O3/c1-21(16-7-9-20-22(16)2)19(25)18-14(8-10-26-18)12-23-15-6-4-3-5-13(15)11-17(23)24/h3-10H,11-12H2,1-2H3. The van der Waals surface area contributed by atoms with Crippen LogP contribution >= 0.6 is 0 Å². The predicted molar refractivity (Wildman–Crippen MR) is 96.0 cm³/mol. The molecule has 132 valence electrons. The number of hydrogen-bond acceptors (Lipinski definition) is 4. The minimum Gasteiger partial charge on any atom is -0.459 e. The molecule has 0 spiro atoms. The zero-order valence-corrected chi connectivity index (χ0v) is 14.5. The van der Waals surface area contributed by atoms with Crippen LogP contribution in [0.3, 0.4) is 0 Å². The van der Waals surface area contributed by atoms with E-state index in [0.717, 1.165) is 11.3 Å². The van der Waals surface area contributed by atoms with Crippen molar-refractivity contribution in [3.63, 3.8) is 0 Å². The smallest absolute Gasteiger partial charge is 0.295 e. The van der Waals surface area contributed by atoms with Crippen molar-refractivity contribution in [1.29, 1.82) is 0 Å². The van der Waals surface area contributed by atoms with Crippen molar-refractivity contribution in [2.45, 2.75) is 13.0 Å². The number of furan rings is 1. The van der Waals surface area contributed by atoms with E-state index in [4.69, 9.17) is 4.42 Å². The molecule has 1 aliphatic heterocycles. The van der Waals surface area contributed by atoms with Crippen molar-refractivity contribution in [2.75, 3.05) is 16.8 Å². The van der Waals surface area contributed by atoms with E-state index < -0.39 is 0 Å². The molecule has 0 saturated carbocycles. The van der Waals surface area contributed by atoms with Gasteiger partial charge >= 0.3 is 0 Å². The number of amides is 2. The Balaban J connectivity index is 1.61. The molecule has 0 aliphatic carbocycles. The summed E-state index contributed by atoms with van der Waals surface area (Å²) in [5.74, 6) is 0.616. The van der Waals surface area contributed by atoms with E-state index >= 15 is 0 Å². The van der Waals surface area contributed by atoms with Gasteiger partial charge in [-0.3, -0.25) is 19.2 Å². The Kier molecular flexibility index (Phi) is 3.84. The van der Waals surface area contributed by atoms with Crippen LogP contribution in [0.4, 0.5) is 11.5 Å². The number of nitrogens with zero attached hydrogens (tertiary/aromatic N) is 4. The van der Waals surface area contributed by atoms with Crippen LogP contribution in [-0.2, 0) is 24.8 Å². The Bertz CT molecular complexity index is 988. The zero-order valence-electron chi connectivity index (χ0n) is 14.5. The molecular weight excluding hydrogens is 332 g/mol. The van der Waals surface area contributed by atoms with E-state index in [1.54, 1.807) is 42.0 Å². The molecule has 2 aromatic heterocycles. The van der Waals surface area contributed by atoms with Gasteiger partial charge in [0.2, 0.25) is 5.91 Å². The van der Waals surface area contributed by atoms with Gasteiger partial charge in [0.1, 0.15) is 5.82 Å². The molecule has 3 heterocycles. The van der Waals surface area contributed by atoms with Crippen LogP contribution in [0.15, 0.2) is 53.3 Å². The second-order valence-corrected chi connectivity index (χ2v) is 6.24. The Morgan fingerprint density at radius 3 is 2.85 bits per heavy atom. The summed E-state index contributed by atoms with van der Waals surface area (Å²) in [6.45, 7) is 0.298. The number of anilines is 2. The van der Waals surface area contributed by atoms with Crippen LogP contribution in [0.1, 0.15) is 21.7 Å². The molecule has 0 radical (unpaired) electrons. The number of aryl methyl sites for hydroxylation is 1. The SMILES string of the molecule is CN(C(=O)c1occc1CN1C(=O)Cc2ccccc21)c1ccnn1C. The first-order valence-electron chi connectivity index (χ1n) is 8.27. The molecule has 0 bridgehead atoms. The molecule has 1 aliphatic rings. The summed E-state index contributed by atoms with van der Waals surface area (Å²) in [6.07, 6.45) is 3.49. The molecule has 0 unspecified atom stereocenters. The Hall–Kier alpha value is -3.35. The van der Waals surface area contributed by atoms with Gasteiger partial charge in [-0.2, -0.15) is 5.10 Å². The Morgan fingerprint density at radius 2 is 2.08 bits per heavy atom. The summed E-state index contributed by atoms with van der Waals surface area (Å²) in [4.78, 5) is 28.4. The fourth-order valence-corrected chi connectivity index (χ4v) is 3.26. The number of carbonyl (C=O) groups excluding carboxylic acids is 2. The molecular formula is C19H18N4O3. The molecule has 7 heteroatoms. The van der Waals surface area contributed by atoms with Crippen molar-refractivity contribution in [2.24, 2.45) is 7.05 Å². The van der Waals surface area contributed by atoms with Gasteiger partial charge in [0.15, 0.2) is 5.76 Å². The van der Waals surface area contributed by atoms with Crippen molar-refractivity contribution < 1.29 is 14.0 Å². The minimum atomic E-state index is -0.284. The number of para-hydroxylation sites is 1. The Labute approximate surface area is 150 Å². The maximum atomic E-state index is 12.9. The molecule has 0 saturated heterocycles. The van der Waals surface area contributed by atoms with Crippen molar-refractivity contribution in [3.05, 3.63) is 65.7 Å². The van der Waals surface area contributed by atoms with Crippen LogP contribution in [0.2, 0.25) is 0 Å². The predicted octanol–water partition coefficient (Wildman–Crippen LogP) is 2.38. The third-order valence-electron chi connectivity index (χ3n) is 4.64. The van der Waals surface area contributed by atoms with Gasteiger partial charge in [-0.1, -0.05) is 18.2 Å². The van der Waals surface area contributed by atoms with E-state index in [-0.39, 0.29) is 17.6 Å². The summed E-state index contributed by atoms with van der Waals surface area (Å²) in [6, 6.07) is 11.2. The van der Waals surface area contributed by atoms with Gasteiger partial charge in [-0.25, -0.2) is 0 Å². The summed E-state index contributed by atoms with van der Waals surface area (Å²) in [5.41, 5.74) is 2.56. The number of benzene rings is 1. The molecule has 0 N–H and O–H groups in total. The minimum absolute atomic E-state index is 0.0192. The van der Waals surface area contributed by atoms with Crippen LogP contribution in [0.5, 0.6) is 0 Å². The van der Waals surface area contributed by atoms with E-state index in [2.05, 4.69) is 5.10 Å². The first-order valence-corrected chi connectivity index (χ1v) is 8.27. The number of aromatic nitrogens is 2. The first-order chi connectivity index (χ1) is 12.6. The number of rotatable bonds is 4. The van der Waals surface area contributed by atoms with Crippen molar-refractivity contribution >= 4 is 23.3 Å². The molecule has 0 atom stereocenters. The second kappa shape index (κ2) is 6.18. The van der Waals surface area contributed by atoms with Gasteiger partial charge in [0, 0.05) is 31.4 Å². The van der Waals surface area contributed by atoms with Gasteiger partial charge in [0.05, 0.1) is 25.4 Å². The highest BCUT2D eigenvalue weighted by Gasteiger charge is 2.29. The van der Waals surface area contributed by atoms with Crippen LogP contribution in [0.25, 0.3) is 0 Å². The largest absolute Gasteiger partial charge is 0.459 e.